The lowest BCUT2D eigenvalue weighted by atomic mass is 10.2. The van der Waals surface area contributed by atoms with Gasteiger partial charge in [0.2, 0.25) is 0 Å². The Morgan fingerprint density at radius 2 is 2.17 bits per heavy atom. The second-order valence-corrected chi connectivity index (χ2v) is 5.43. The van der Waals surface area contributed by atoms with Crippen molar-refractivity contribution in [3.63, 3.8) is 0 Å². The summed E-state index contributed by atoms with van der Waals surface area (Å²) in [7, 11) is 0. The van der Waals surface area contributed by atoms with Crippen LogP contribution in [0.1, 0.15) is 50.1 Å². The van der Waals surface area contributed by atoms with Crippen LogP contribution in [0, 0.1) is 0 Å². The minimum absolute atomic E-state index is 0.0165. The molecule has 0 spiro atoms. The largest absolute Gasteiger partial charge is 0.392 e. The molecule has 1 aliphatic carbocycles. The summed E-state index contributed by atoms with van der Waals surface area (Å²) in [6.07, 6.45) is 3.80. The summed E-state index contributed by atoms with van der Waals surface area (Å²) in [4.78, 5) is 14.3. The van der Waals surface area contributed by atoms with Crippen molar-refractivity contribution in [2.45, 2.75) is 51.8 Å². The maximum Gasteiger partial charge on any atom is 0.270 e. The van der Waals surface area contributed by atoms with Crippen LogP contribution in [-0.2, 0) is 0 Å². The molecule has 0 bridgehead atoms. The second kappa shape index (κ2) is 5.14. The standard InChI is InChI=1S/C14H22N2O2/c1-10(2)16(9-11(3)17)14(18)13-5-4-8-15(13)12-6-7-12/h4-5,8,10-12,17H,6-7,9H2,1-3H3. The zero-order valence-corrected chi connectivity index (χ0v) is 11.3. The molecular weight excluding hydrogens is 228 g/mol. The number of hydrogen-bond donors (Lipinski definition) is 1. The van der Waals surface area contributed by atoms with Crippen molar-refractivity contribution >= 4 is 5.91 Å². The van der Waals surface area contributed by atoms with Crippen LogP contribution in [0.5, 0.6) is 0 Å². The molecule has 1 fully saturated rings. The number of aliphatic hydroxyl groups excluding tert-OH is 1. The molecule has 0 saturated heterocycles. The number of rotatable bonds is 5. The highest BCUT2D eigenvalue weighted by Crippen LogP contribution is 2.36. The molecule has 1 aliphatic rings. The molecule has 1 heterocycles. The molecule has 1 unspecified atom stereocenters. The van der Waals surface area contributed by atoms with E-state index in [1.165, 1.54) is 0 Å². The van der Waals surface area contributed by atoms with E-state index in [-0.39, 0.29) is 11.9 Å². The Morgan fingerprint density at radius 3 is 2.67 bits per heavy atom. The van der Waals surface area contributed by atoms with Crippen LogP contribution in [0.3, 0.4) is 0 Å². The highest BCUT2D eigenvalue weighted by atomic mass is 16.3. The van der Waals surface area contributed by atoms with Crippen molar-refractivity contribution in [1.29, 1.82) is 0 Å². The first-order valence-corrected chi connectivity index (χ1v) is 6.66. The minimum atomic E-state index is -0.499. The fourth-order valence-corrected chi connectivity index (χ4v) is 2.21. The van der Waals surface area contributed by atoms with Gasteiger partial charge in [-0.3, -0.25) is 4.79 Å². The first-order chi connectivity index (χ1) is 8.50. The number of nitrogens with zero attached hydrogens (tertiary/aromatic N) is 2. The molecule has 1 atom stereocenters. The first kappa shape index (κ1) is 13.1. The van der Waals surface area contributed by atoms with Crippen LogP contribution < -0.4 is 0 Å². The number of carbonyl (C=O) groups is 1. The van der Waals surface area contributed by atoms with E-state index < -0.39 is 6.10 Å². The van der Waals surface area contributed by atoms with E-state index in [4.69, 9.17) is 0 Å². The van der Waals surface area contributed by atoms with Gasteiger partial charge in [-0.2, -0.15) is 0 Å². The van der Waals surface area contributed by atoms with Crippen molar-refractivity contribution in [3.05, 3.63) is 24.0 Å². The summed E-state index contributed by atoms with van der Waals surface area (Å²) in [5.41, 5.74) is 0.742. The second-order valence-electron chi connectivity index (χ2n) is 5.43. The maximum absolute atomic E-state index is 12.5. The predicted octanol–water partition coefficient (Wildman–Crippen LogP) is 2.05. The highest BCUT2D eigenvalue weighted by Gasteiger charge is 2.29. The molecule has 1 aromatic rings. The molecule has 0 aliphatic heterocycles. The van der Waals surface area contributed by atoms with Gasteiger partial charge in [0, 0.05) is 24.8 Å². The summed E-state index contributed by atoms with van der Waals surface area (Å²) < 4.78 is 2.07. The van der Waals surface area contributed by atoms with E-state index in [1.54, 1.807) is 11.8 Å². The van der Waals surface area contributed by atoms with Gasteiger partial charge in [0.05, 0.1) is 6.10 Å². The Balaban J connectivity index is 2.19. The average molecular weight is 250 g/mol. The number of amides is 1. The summed E-state index contributed by atoms with van der Waals surface area (Å²) in [5, 5.41) is 9.51. The third kappa shape index (κ3) is 2.75. The lowest BCUT2D eigenvalue weighted by Gasteiger charge is -2.28. The molecule has 1 aromatic heterocycles. The van der Waals surface area contributed by atoms with Crippen molar-refractivity contribution in [2.24, 2.45) is 0 Å². The van der Waals surface area contributed by atoms with Gasteiger partial charge >= 0.3 is 0 Å². The Labute approximate surface area is 108 Å². The smallest absolute Gasteiger partial charge is 0.270 e. The molecule has 4 heteroatoms. The van der Waals surface area contributed by atoms with Crippen LogP contribution in [0.4, 0.5) is 0 Å². The van der Waals surface area contributed by atoms with Gasteiger partial charge in [0.15, 0.2) is 0 Å². The molecule has 0 radical (unpaired) electrons. The molecule has 100 valence electrons. The van der Waals surface area contributed by atoms with Gasteiger partial charge in [0.25, 0.3) is 5.91 Å². The van der Waals surface area contributed by atoms with Gasteiger partial charge in [-0.05, 0) is 45.7 Å². The predicted molar refractivity (Wildman–Crippen MR) is 70.6 cm³/mol. The maximum atomic E-state index is 12.5. The number of carbonyl (C=O) groups excluding carboxylic acids is 1. The molecule has 1 saturated carbocycles. The van der Waals surface area contributed by atoms with E-state index in [2.05, 4.69) is 4.57 Å². The van der Waals surface area contributed by atoms with Crippen LogP contribution in [-0.4, -0.2) is 39.2 Å². The number of aliphatic hydroxyl groups is 1. The molecule has 1 amide bonds. The van der Waals surface area contributed by atoms with Gasteiger partial charge < -0.3 is 14.6 Å². The Hall–Kier alpha value is -1.29. The van der Waals surface area contributed by atoms with E-state index in [9.17, 15) is 9.90 Å². The number of hydrogen-bond acceptors (Lipinski definition) is 2. The van der Waals surface area contributed by atoms with Gasteiger partial charge in [-0.15, -0.1) is 0 Å². The lowest BCUT2D eigenvalue weighted by molar-refractivity contribution is 0.0568. The van der Waals surface area contributed by atoms with Crippen molar-refractivity contribution in [1.82, 2.24) is 9.47 Å². The van der Waals surface area contributed by atoms with Crippen molar-refractivity contribution in [3.8, 4) is 0 Å². The van der Waals surface area contributed by atoms with Crippen LogP contribution in [0.2, 0.25) is 0 Å². The summed E-state index contributed by atoms with van der Waals surface area (Å²) in [6.45, 7) is 6.05. The topological polar surface area (TPSA) is 45.5 Å². The zero-order valence-electron chi connectivity index (χ0n) is 11.3. The van der Waals surface area contributed by atoms with Crippen LogP contribution in [0.25, 0.3) is 0 Å². The van der Waals surface area contributed by atoms with Crippen LogP contribution in [0.15, 0.2) is 18.3 Å². The lowest BCUT2D eigenvalue weighted by Crippen LogP contribution is -2.42. The van der Waals surface area contributed by atoms with Gasteiger partial charge in [0.1, 0.15) is 5.69 Å². The van der Waals surface area contributed by atoms with E-state index in [0.29, 0.717) is 12.6 Å². The average Bonchev–Trinajstić information content (AvgIpc) is 3.02. The van der Waals surface area contributed by atoms with E-state index in [1.807, 2.05) is 32.2 Å². The van der Waals surface area contributed by atoms with Crippen molar-refractivity contribution < 1.29 is 9.90 Å². The van der Waals surface area contributed by atoms with E-state index in [0.717, 1.165) is 18.5 Å². The third-order valence-corrected chi connectivity index (χ3v) is 3.28. The monoisotopic (exact) mass is 250 g/mol. The molecule has 0 aromatic carbocycles. The number of aromatic nitrogens is 1. The van der Waals surface area contributed by atoms with Gasteiger partial charge in [-0.25, -0.2) is 0 Å². The Kier molecular flexibility index (Phi) is 3.76. The molecule has 18 heavy (non-hydrogen) atoms. The third-order valence-electron chi connectivity index (χ3n) is 3.28. The zero-order chi connectivity index (χ0) is 13.3. The molecule has 1 N–H and O–H groups in total. The SMILES string of the molecule is CC(O)CN(C(=O)c1cccn1C1CC1)C(C)C. The summed E-state index contributed by atoms with van der Waals surface area (Å²) >= 11 is 0. The molecule has 4 nitrogen and oxygen atoms in total. The molecule has 2 rings (SSSR count). The normalized spacial score (nSPS) is 16.9. The quantitative estimate of drug-likeness (QED) is 0.869. The Morgan fingerprint density at radius 1 is 1.50 bits per heavy atom. The molecular formula is C14H22N2O2. The van der Waals surface area contributed by atoms with Gasteiger partial charge in [-0.1, -0.05) is 0 Å². The fourth-order valence-electron chi connectivity index (χ4n) is 2.21. The van der Waals surface area contributed by atoms with Crippen LogP contribution >= 0.6 is 0 Å². The highest BCUT2D eigenvalue weighted by molar-refractivity contribution is 5.93. The van der Waals surface area contributed by atoms with Crippen molar-refractivity contribution in [2.75, 3.05) is 6.54 Å². The summed E-state index contributed by atoms with van der Waals surface area (Å²) in [5.74, 6) is 0.0165. The Bertz CT molecular complexity index is 419. The minimum Gasteiger partial charge on any atom is -0.392 e. The summed E-state index contributed by atoms with van der Waals surface area (Å²) in [6, 6.07) is 4.39. The first-order valence-electron chi connectivity index (χ1n) is 6.66. The van der Waals surface area contributed by atoms with E-state index >= 15 is 0 Å². The fraction of sp³-hybridized carbons (Fsp3) is 0.643.